The molecular weight excluding hydrogens is 277 g/mol. The van der Waals surface area contributed by atoms with Crippen molar-refractivity contribution in [1.82, 2.24) is 0 Å². The third-order valence-electron chi connectivity index (χ3n) is 2.83. The molecule has 0 unspecified atom stereocenters. The van der Waals surface area contributed by atoms with Crippen molar-refractivity contribution >= 4 is 17.3 Å². The van der Waals surface area contributed by atoms with Crippen LogP contribution < -0.4 is 10.1 Å². The summed E-state index contributed by atoms with van der Waals surface area (Å²) >= 11 is 5.71. The fourth-order valence-electron chi connectivity index (χ4n) is 1.77. The molecule has 0 fully saturated rings. The van der Waals surface area contributed by atoms with Crippen molar-refractivity contribution in [1.29, 1.82) is 0 Å². The van der Waals surface area contributed by atoms with E-state index in [1.54, 1.807) is 12.1 Å². The van der Waals surface area contributed by atoms with Crippen LogP contribution in [0.25, 0.3) is 0 Å². The van der Waals surface area contributed by atoms with Gasteiger partial charge in [0.15, 0.2) is 0 Å². The van der Waals surface area contributed by atoms with Gasteiger partial charge in [-0.15, -0.1) is 0 Å². The predicted molar refractivity (Wildman–Crippen MR) is 81.1 cm³/mol. The number of anilines is 1. The monoisotopic (exact) mass is 293 g/mol. The van der Waals surface area contributed by atoms with E-state index in [0.29, 0.717) is 6.61 Å². The lowest BCUT2D eigenvalue weighted by molar-refractivity contribution is 0.308. The van der Waals surface area contributed by atoms with E-state index in [-0.39, 0.29) is 5.02 Å². The maximum Gasteiger partial charge on any atom is 0.141 e. The van der Waals surface area contributed by atoms with E-state index in [0.717, 1.165) is 30.8 Å². The lowest BCUT2D eigenvalue weighted by Gasteiger charge is -2.08. The largest absolute Gasteiger partial charge is 0.494 e. The number of unbranched alkanes of at least 4 members (excludes halogenated alkanes) is 1. The minimum Gasteiger partial charge on any atom is -0.494 e. The molecule has 0 radical (unpaired) electrons. The summed E-state index contributed by atoms with van der Waals surface area (Å²) in [6.45, 7) is 1.50. The van der Waals surface area contributed by atoms with Gasteiger partial charge in [-0.2, -0.15) is 0 Å². The Labute approximate surface area is 123 Å². The van der Waals surface area contributed by atoms with Gasteiger partial charge in [-0.25, -0.2) is 4.39 Å². The maximum atomic E-state index is 13.0. The molecule has 2 rings (SSSR count). The molecule has 2 aromatic carbocycles. The van der Waals surface area contributed by atoms with Crippen molar-refractivity contribution in [3.63, 3.8) is 0 Å². The fourth-order valence-corrected chi connectivity index (χ4v) is 1.95. The Morgan fingerprint density at radius 3 is 2.60 bits per heavy atom. The maximum absolute atomic E-state index is 13.0. The van der Waals surface area contributed by atoms with Crippen LogP contribution in [0.3, 0.4) is 0 Å². The first kappa shape index (κ1) is 14.7. The van der Waals surface area contributed by atoms with E-state index in [4.69, 9.17) is 16.3 Å². The number of benzene rings is 2. The second-order valence-electron chi connectivity index (χ2n) is 4.42. The molecule has 0 aliphatic rings. The molecule has 20 heavy (non-hydrogen) atoms. The summed E-state index contributed by atoms with van der Waals surface area (Å²) in [6.07, 6.45) is 1.93. The van der Waals surface area contributed by atoms with Crippen molar-refractivity contribution in [2.75, 3.05) is 18.5 Å². The number of rotatable bonds is 7. The molecule has 1 N–H and O–H groups in total. The van der Waals surface area contributed by atoms with E-state index in [1.165, 1.54) is 6.07 Å². The highest BCUT2D eigenvalue weighted by atomic mass is 35.5. The second kappa shape index (κ2) is 7.75. The molecule has 2 nitrogen and oxygen atoms in total. The third kappa shape index (κ3) is 4.74. The van der Waals surface area contributed by atoms with Crippen LogP contribution in [0.2, 0.25) is 5.02 Å². The van der Waals surface area contributed by atoms with Gasteiger partial charge in [0.05, 0.1) is 11.6 Å². The van der Waals surface area contributed by atoms with Gasteiger partial charge in [-0.05, 0) is 43.2 Å². The summed E-state index contributed by atoms with van der Waals surface area (Å²) in [5.41, 5.74) is 0.834. The highest BCUT2D eigenvalue weighted by Crippen LogP contribution is 2.19. The summed E-state index contributed by atoms with van der Waals surface area (Å²) in [7, 11) is 0. The van der Waals surface area contributed by atoms with Crippen molar-refractivity contribution in [2.24, 2.45) is 0 Å². The SMILES string of the molecule is Fc1ccc(NCCCCOc2ccccc2)cc1Cl. The first-order valence-electron chi connectivity index (χ1n) is 6.62. The first-order chi connectivity index (χ1) is 9.75. The molecule has 106 valence electrons. The van der Waals surface area contributed by atoms with E-state index in [1.807, 2.05) is 30.3 Å². The van der Waals surface area contributed by atoms with Crippen LogP contribution >= 0.6 is 11.6 Å². The number of hydrogen-bond acceptors (Lipinski definition) is 2. The molecule has 0 aliphatic heterocycles. The first-order valence-corrected chi connectivity index (χ1v) is 7.00. The molecule has 0 saturated heterocycles. The van der Waals surface area contributed by atoms with E-state index in [2.05, 4.69) is 5.32 Å². The van der Waals surface area contributed by atoms with E-state index >= 15 is 0 Å². The number of nitrogens with one attached hydrogen (secondary N) is 1. The normalized spacial score (nSPS) is 10.3. The zero-order valence-corrected chi connectivity index (χ0v) is 11.9. The number of ether oxygens (including phenoxy) is 1. The van der Waals surface area contributed by atoms with E-state index in [9.17, 15) is 4.39 Å². The van der Waals surface area contributed by atoms with Crippen LogP contribution in [0.15, 0.2) is 48.5 Å². The lowest BCUT2D eigenvalue weighted by atomic mass is 10.3. The van der Waals surface area contributed by atoms with Crippen LogP contribution in [0, 0.1) is 5.82 Å². The van der Waals surface area contributed by atoms with Crippen molar-refractivity contribution < 1.29 is 9.13 Å². The highest BCUT2D eigenvalue weighted by Gasteiger charge is 2.00. The molecule has 0 heterocycles. The minimum absolute atomic E-state index is 0.141. The van der Waals surface area contributed by atoms with Crippen LogP contribution in [0.4, 0.5) is 10.1 Å². The van der Waals surface area contributed by atoms with Crippen LogP contribution in [-0.2, 0) is 0 Å². The van der Waals surface area contributed by atoms with Gasteiger partial charge in [0.2, 0.25) is 0 Å². The molecule has 0 aliphatic carbocycles. The van der Waals surface area contributed by atoms with Crippen LogP contribution in [-0.4, -0.2) is 13.2 Å². The predicted octanol–water partition coefficient (Wildman–Crippen LogP) is 4.75. The Hall–Kier alpha value is -1.74. The molecule has 0 atom stereocenters. The topological polar surface area (TPSA) is 21.3 Å². The van der Waals surface area contributed by atoms with E-state index < -0.39 is 5.82 Å². The highest BCUT2D eigenvalue weighted by molar-refractivity contribution is 6.31. The Bertz CT molecular complexity index is 533. The van der Waals surface area contributed by atoms with Crippen molar-refractivity contribution in [3.8, 4) is 5.75 Å². The molecule has 0 saturated carbocycles. The molecule has 2 aromatic rings. The average Bonchev–Trinajstić information content (AvgIpc) is 2.47. The second-order valence-corrected chi connectivity index (χ2v) is 4.83. The molecule has 0 aromatic heterocycles. The van der Waals surface area contributed by atoms with Gasteiger partial charge in [-0.3, -0.25) is 0 Å². The fraction of sp³-hybridized carbons (Fsp3) is 0.250. The number of para-hydroxylation sites is 1. The van der Waals surface area contributed by atoms with Crippen LogP contribution in [0.5, 0.6) is 5.75 Å². The van der Waals surface area contributed by atoms with Crippen molar-refractivity contribution in [3.05, 3.63) is 59.4 Å². The molecule has 0 amide bonds. The number of hydrogen-bond donors (Lipinski definition) is 1. The smallest absolute Gasteiger partial charge is 0.141 e. The summed E-state index contributed by atoms with van der Waals surface area (Å²) in [4.78, 5) is 0. The van der Waals surface area contributed by atoms with Gasteiger partial charge in [0.25, 0.3) is 0 Å². The zero-order chi connectivity index (χ0) is 14.2. The summed E-state index contributed by atoms with van der Waals surface area (Å²) < 4.78 is 18.6. The summed E-state index contributed by atoms with van der Waals surface area (Å²) in [5.74, 6) is 0.499. The molecule has 0 spiro atoms. The lowest BCUT2D eigenvalue weighted by Crippen LogP contribution is -2.04. The Morgan fingerprint density at radius 1 is 1.05 bits per heavy atom. The standard InChI is InChI=1S/C16H17ClFNO/c17-15-12-13(8-9-16(15)18)19-10-4-5-11-20-14-6-2-1-3-7-14/h1-3,6-9,12,19H,4-5,10-11H2. The van der Waals surface area contributed by atoms with Gasteiger partial charge in [-0.1, -0.05) is 29.8 Å². The van der Waals surface area contributed by atoms with Gasteiger partial charge >= 0.3 is 0 Å². The molecular formula is C16H17ClFNO. The van der Waals surface area contributed by atoms with Gasteiger partial charge < -0.3 is 10.1 Å². The number of halogens is 2. The quantitative estimate of drug-likeness (QED) is 0.744. The Morgan fingerprint density at radius 2 is 1.85 bits per heavy atom. The summed E-state index contributed by atoms with van der Waals surface area (Å²) in [6, 6.07) is 14.4. The van der Waals surface area contributed by atoms with Crippen LogP contribution in [0.1, 0.15) is 12.8 Å². The Balaban J connectivity index is 1.61. The Kier molecular flexibility index (Phi) is 5.69. The average molecular weight is 294 g/mol. The van der Waals surface area contributed by atoms with Crippen molar-refractivity contribution in [2.45, 2.75) is 12.8 Å². The van der Waals surface area contributed by atoms with Gasteiger partial charge in [0.1, 0.15) is 11.6 Å². The van der Waals surface area contributed by atoms with Gasteiger partial charge in [0, 0.05) is 12.2 Å². The molecule has 4 heteroatoms. The summed E-state index contributed by atoms with van der Waals surface area (Å²) in [5, 5.41) is 3.35. The third-order valence-corrected chi connectivity index (χ3v) is 3.12. The zero-order valence-electron chi connectivity index (χ0n) is 11.1. The minimum atomic E-state index is -0.395. The molecule has 0 bridgehead atoms.